The molecule has 0 spiro atoms. The fourth-order valence-electron chi connectivity index (χ4n) is 1.93. The number of nitriles is 1. The van der Waals surface area contributed by atoms with Crippen molar-refractivity contribution in [1.82, 2.24) is 9.97 Å². The van der Waals surface area contributed by atoms with E-state index >= 15 is 0 Å². The van der Waals surface area contributed by atoms with E-state index in [4.69, 9.17) is 0 Å². The third-order valence-electron chi connectivity index (χ3n) is 2.87. The molecule has 0 aliphatic carbocycles. The molecular weight excluding hydrogens is 254 g/mol. The molecule has 2 heterocycles. The minimum atomic E-state index is 0.548. The lowest BCUT2D eigenvalue weighted by Crippen LogP contribution is -1.83. The Hall–Kier alpha value is -2.38. The van der Waals surface area contributed by atoms with Gasteiger partial charge in [0.15, 0.2) is 0 Å². The third-order valence-corrected chi connectivity index (χ3v) is 3.57. The number of aromatic amines is 1. The van der Waals surface area contributed by atoms with Gasteiger partial charge in [-0.25, -0.2) is 4.98 Å². The number of allylic oxidation sites excluding steroid dienone is 1. The number of imidazole rings is 1. The van der Waals surface area contributed by atoms with Crippen LogP contribution in [0.3, 0.4) is 0 Å². The summed E-state index contributed by atoms with van der Waals surface area (Å²) in [6, 6.07) is 10.2. The molecule has 0 saturated carbocycles. The smallest absolute Gasteiger partial charge is 0.149 e. The highest BCUT2D eigenvalue weighted by Gasteiger charge is 2.08. The molecule has 3 nitrogen and oxygen atoms in total. The first kappa shape index (κ1) is 11.7. The first-order valence-electron chi connectivity index (χ1n) is 5.87. The predicted octanol–water partition coefficient (Wildman–Crippen LogP) is 4.00. The van der Waals surface area contributed by atoms with Crippen molar-refractivity contribution in [1.29, 1.82) is 5.26 Å². The van der Waals surface area contributed by atoms with Gasteiger partial charge >= 0.3 is 0 Å². The summed E-state index contributed by atoms with van der Waals surface area (Å²) in [5.74, 6) is 0.620. The summed E-state index contributed by atoms with van der Waals surface area (Å²) in [5, 5.41) is 13.3. The fraction of sp³-hybridized carbons (Fsp3) is 0.0667. The molecule has 0 amide bonds. The lowest BCUT2D eigenvalue weighted by atomic mass is 10.2. The molecule has 4 heteroatoms. The van der Waals surface area contributed by atoms with E-state index < -0.39 is 0 Å². The maximum atomic E-state index is 9.28. The zero-order chi connectivity index (χ0) is 13.2. The van der Waals surface area contributed by atoms with Gasteiger partial charge in [0, 0.05) is 0 Å². The summed E-state index contributed by atoms with van der Waals surface area (Å²) in [5.41, 5.74) is 4.59. The van der Waals surface area contributed by atoms with Gasteiger partial charge in [-0.2, -0.15) is 16.6 Å². The van der Waals surface area contributed by atoms with Crippen molar-refractivity contribution in [2.45, 2.75) is 6.92 Å². The van der Waals surface area contributed by atoms with Crippen LogP contribution in [0.2, 0.25) is 0 Å². The molecule has 1 N–H and O–H groups in total. The predicted molar refractivity (Wildman–Crippen MR) is 78.6 cm³/mol. The number of hydrogen-bond acceptors (Lipinski definition) is 3. The molecule has 0 aliphatic heterocycles. The van der Waals surface area contributed by atoms with Gasteiger partial charge in [-0.1, -0.05) is 6.07 Å². The van der Waals surface area contributed by atoms with Crippen LogP contribution >= 0.6 is 11.3 Å². The minimum absolute atomic E-state index is 0.548. The third kappa shape index (κ3) is 2.28. The highest BCUT2D eigenvalue weighted by molar-refractivity contribution is 7.08. The average Bonchev–Trinajstić information content (AvgIpc) is 3.03. The number of rotatable bonds is 2. The van der Waals surface area contributed by atoms with Crippen molar-refractivity contribution in [2.24, 2.45) is 0 Å². The summed E-state index contributed by atoms with van der Waals surface area (Å²) in [4.78, 5) is 7.66. The van der Waals surface area contributed by atoms with Crippen molar-refractivity contribution in [3.8, 4) is 6.07 Å². The normalized spacial score (nSPS) is 11.7. The Kier molecular flexibility index (Phi) is 2.90. The van der Waals surface area contributed by atoms with Gasteiger partial charge in [0.2, 0.25) is 0 Å². The van der Waals surface area contributed by atoms with Crippen LogP contribution in [0.4, 0.5) is 0 Å². The van der Waals surface area contributed by atoms with E-state index in [1.165, 1.54) is 5.56 Å². The van der Waals surface area contributed by atoms with E-state index in [9.17, 15) is 5.26 Å². The molecule has 0 saturated heterocycles. The maximum Gasteiger partial charge on any atom is 0.149 e. The van der Waals surface area contributed by atoms with Crippen molar-refractivity contribution < 1.29 is 0 Å². The summed E-state index contributed by atoms with van der Waals surface area (Å²) >= 11 is 1.61. The zero-order valence-electron chi connectivity index (χ0n) is 10.3. The van der Waals surface area contributed by atoms with Crippen molar-refractivity contribution >= 4 is 34.0 Å². The van der Waals surface area contributed by atoms with Crippen LogP contribution in [0.25, 0.3) is 22.7 Å². The lowest BCUT2D eigenvalue weighted by molar-refractivity contribution is 1.27. The van der Waals surface area contributed by atoms with Crippen molar-refractivity contribution in [3.63, 3.8) is 0 Å². The van der Waals surface area contributed by atoms with Crippen LogP contribution in [-0.2, 0) is 0 Å². The van der Waals surface area contributed by atoms with Gasteiger partial charge < -0.3 is 4.98 Å². The number of nitrogens with one attached hydrogen (secondary N) is 1. The quantitative estimate of drug-likeness (QED) is 0.712. The SMILES string of the molecule is Cc1ccc2nc(/C(C#N)=C\c3ccsc3)[nH]c2c1. The zero-order valence-corrected chi connectivity index (χ0v) is 11.2. The molecule has 19 heavy (non-hydrogen) atoms. The molecule has 0 unspecified atom stereocenters. The molecule has 0 radical (unpaired) electrons. The molecule has 3 aromatic rings. The number of H-pyrrole nitrogens is 1. The van der Waals surface area contributed by atoms with Crippen LogP contribution in [0.15, 0.2) is 35.0 Å². The molecule has 0 bridgehead atoms. The number of aryl methyl sites for hydroxylation is 1. The maximum absolute atomic E-state index is 9.28. The highest BCUT2D eigenvalue weighted by atomic mass is 32.1. The van der Waals surface area contributed by atoms with Crippen molar-refractivity contribution in [3.05, 3.63) is 52.0 Å². The van der Waals surface area contributed by atoms with E-state index in [-0.39, 0.29) is 0 Å². The van der Waals surface area contributed by atoms with E-state index in [0.717, 1.165) is 16.6 Å². The second-order valence-corrected chi connectivity index (χ2v) is 5.11. The van der Waals surface area contributed by atoms with Gasteiger partial charge in [-0.3, -0.25) is 0 Å². The Morgan fingerprint density at radius 1 is 1.42 bits per heavy atom. The molecular formula is C15H11N3S. The summed E-state index contributed by atoms with van der Waals surface area (Å²) in [7, 11) is 0. The molecule has 92 valence electrons. The summed E-state index contributed by atoms with van der Waals surface area (Å²) in [6.07, 6.45) is 1.85. The lowest BCUT2D eigenvalue weighted by Gasteiger charge is -1.91. The van der Waals surface area contributed by atoms with E-state index in [1.54, 1.807) is 11.3 Å². The molecule has 0 atom stereocenters. The molecule has 3 rings (SSSR count). The Balaban J connectivity index is 2.10. The van der Waals surface area contributed by atoms with E-state index in [2.05, 4.69) is 16.0 Å². The standard InChI is InChI=1S/C15H11N3S/c1-10-2-3-13-14(6-10)18-15(17-13)12(8-16)7-11-4-5-19-9-11/h2-7,9H,1H3,(H,17,18)/b12-7-. The molecule has 0 aliphatic rings. The van der Waals surface area contributed by atoms with Crippen LogP contribution in [0, 0.1) is 18.3 Å². The Labute approximate surface area is 114 Å². The highest BCUT2D eigenvalue weighted by Crippen LogP contribution is 2.20. The first-order valence-corrected chi connectivity index (χ1v) is 6.81. The van der Waals surface area contributed by atoms with E-state index in [1.807, 2.05) is 48.0 Å². The van der Waals surface area contributed by atoms with Crippen LogP contribution in [0.1, 0.15) is 17.0 Å². The number of thiophene rings is 1. The molecule has 1 aromatic carbocycles. The Bertz CT molecular complexity index is 789. The van der Waals surface area contributed by atoms with Gasteiger partial charge in [0.1, 0.15) is 11.9 Å². The monoisotopic (exact) mass is 265 g/mol. The van der Waals surface area contributed by atoms with Crippen LogP contribution in [-0.4, -0.2) is 9.97 Å². The van der Waals surface area contributed by atoms with Gasteiger partial charge in [-0.15, -0.1) is 0 Å². The summed E-state index contributed by atoms with van der Waals surface area (Å²) in [6.45, 7) is 2.03. The number of benzene rings is 1. The van der Waals surface area contributed by atoms with Crippen LogP contribution in [0.5, 0.6) is 0 Å². The first-order chi connectivity index (χ1) is 9.26. The Morgan fingerprint density at radius 2 is 2.32 bits per heavy atom. The number of fused-ring (bicyclic) bond motifs is 1. The van der Waals surface area contributed by atoms with Crippen LogP contribution < -0.4 is 0 Å². The number of nitrogens with zero attached hydrogens (tertiary/aromatic N) is 2. The second-order valence-electron chi connectivity index (χ2n) is 4.33. The minimum Gasteiger partial charge on any atom is -0.337 e. The average molecular weight is 265 g/mol. The summed E-state index contributed by atoms with van der Waals surface area (Å²) < 4.78 is 0. The topological polar surface area (TPSA) is 52.5 Å². The largest absolute Gasteiger partial charge is 0.337 e. The van der Waals surface area contributed by atoms with Gasteiger partial charge in [-0.05, 0) is 53.1 Å². The van der Waals surface area contributed by atoms with Gasteiger partial charge in [0.25, 0.3) is 0 Å². The van der Waals surface area contributed by atoms with E-state index in [0.29, 0.717) is 11.4 Å². The van der Waals surface area contributed by atoms with Gasteiger partial charge in [0.05, 0.1) is 16.6 Å². The second kappa shape index (κ2) is 4.71. The Morgan fingerprint density at radius 3 is 3.05 bits per heavy atom. The molecule has 2 aromatic heterocycles. The van der Waals surface area contributed by atoms with Crippen molar-refractivity contribution in [2.75, 3.05) is 0 Å². The fourth-order valence-corrected chi connectivity index (χ4v) is 2.55. The number of hydrogen-bond donors (Lipinski definition) is 1. The number of aromatic nitrogens is 2. The molecule has 0 fully saturated rings.